The summed E-state index contributed by atoms with van der Waals surface area (Å²) in [6.07, 6.45) is 0. The molecule has 0 aliphatic rings. The van der Waals surface area contributed by atoms with Gasteiger partial charge >= 0.3 is 0 Å². The van der Waals surface area contributed by atoms with Crippen LogP contribution in [0.25, 0.3) is 93.6 Å². The van der Waals surface area contributed by atoms with Gasteiger partial charge in [-0.1, -0.05) is 91.0 Å². The minimum atomic E-state index is 0.608. The fraction of sp³-hybridized carbons (Fsp3) is 0. The molecule has 5 heteroatoms. The van der Waals surface area contributed by atoms with Crippen LogP contribution in [0.15, 0.2) is 176 Å². The van der Waals surface area contributed by atoms with Gasteiger partial charge in [0.2, 0.25) is 0 Å². The Morgan fingerprint density at radius 2 is 0.891 bits per heavy atom. The van der Waals surface area contributed by atoms with Crippen molar-refractivity contribution in [3.63, 3.8) is 0 Å². The van der Waals surface area contributed by atoms with Gasteiger partial charge in [0, 0.05) is 49.3 Å². The van der Waals surface area contributed by atoms with Crippen molar-refractivity contribution in [2.24, 2.45) is 0 Å². The van der Waals surface area contributed by atoms with Crippen molar-refractivity contribution in [1.29, 1.82) is 10.5 Å². The molecule has 0 radical (unpaired) electrons. The predicted octanol–water partition coefficient (Wildman–Crippen LogP) is 12.4. The quantitative estimate of drug-likeness (QED) is 0.184. The van der Waals surface area contributed by atoms with Crippen LogP contribution >= 0.6 is 0 Å². The third-order valence-corrected chi connectivity index (χ3v) is 11.1. The van der Waals surface area contributed by atoms with Gasteiger partial charge in [0.25, 0.3) is 0 Å². The molecule has 0 atom stereocenters. The van der Waals surface area contributed by atoms with Gasteiger partial charge in [-0.05, 0) is 90.5 Å². The monoisotopic (exact) mass is 699 g/mol. The highest BCUT2D eigenvalue weighted by atomic mass is 15.0. The highest BCUT2D eigenvalue weighted by Crippen LogP contribution is 2.40. The van der Waals surface area contributed by atoms with Crippen LogP contribution in [0.5, 0.6) is 0 Å². The molecule has 0 bridgehead atoms. The molecule has 0 saturated heterocycles. The molecule has 11 rings (SSSR count). The van der Waals surface area contributed by atoms with Gasteiger partial charge in [0.15, 0.2) is 0 Å². The van der Waals surface area contributed by atoms with Crippen LogP contribution in [-0.2, 0) is 0 Å². The van der Waals surface area contributed by atoms with Gasteiger partial charge in [-0.25, -0.2) is 0 Å². The fourth-order valence-corrected chi connectivity index (χ4v) is 8.77. The highest BCUT2D eigenvalue weighted by Gasteiger charge is 2.20. The summed E-state index contributed by atoms with van der Waals surface area (Å²) in [5, 5.41) is 26.9. The number of nitrogens with zero attached hydrogens (tertiary/aromatic N) is 5. The van der Waals surface area contributed by atoms with Gasteiger partial charge in [0.05, 0.1) is 62.1 Å². The average Bonchev–Trinajstić information content (AvgIpc) is 3.89. The van der Waals surface area contributed by atoms with Crippen LogP contribution in [0.4, 0.5) is 0 Å². The van der Waals surface area contributed by atoms with Gasteiger partial charge in [0.1, 0.15) is 0 Å². The molecule has 0 saturated carbocycles. The topological polar surface area (TPSA) is 62.4 Å². The first-order valence-electron chi connectivity index (χ1n) is 18.3. The number of hydrogen-bond donors (Lipinski definition) is 0. The summed E-state index contributed by atoms with van der Waals surface area (Å²) in [4.78, 5) is 0. The predicted molar refractivity (Wildman–Crippen MR) is 224 cm³/mol. The Kier molecular flexibility index (Phi) is 6.61. The first kappa shape index (κ1) is 30.7. The molecule has 0 fully saturated rings. The van der Waals surface area contributed by atoms with E-state index in [1.165, 1.54) is 32.6 Å². The summed E-state index contributed by atoms with van der Waals surface area (Å²) in [5.41, 5.74) is 12.9. The molecule has 0 amide bonds. The molecule has 5 nitrogen and oxygen atoms in total. The first-order valence-corrected chi connectivity index (χ1v) is 18.3. The number of benzene rings is 8. The number of fused-ring (bicyclic) bond motifs is 9. The highest BCUT2D eigenvalue weighted by molar-refractivity contribution is 6.16. The second-order valence-electron chi connectivity index (χ2n) is 14.0. The van der Waals surface area contributed by atoms with E-state index >= 15 is 0 Å². The SMILES string of the molecule is N#Cc1ccc2c(c1)c1ccccc1n2-c1ccc(C#N)c(-c2ccc(-n3c4ccccc4c4c(-n5c6ccccc6c6ccccc65)cccc43)cc2)c1. The molecule has 0 aliphatic carbocycles. The van der Waals surface area contributed by atoms with Crippen LogP contribution in [0.1, 0.15) is 11.1 Å². The van der Waals surface area contributed by atoms with Crippen LogP contribution < -0.4 is 0 Å². The van der Waals surface area contributed by atoms with E-state index < -0.39 is 0 Å². The lowest BCUT2D eigenvalue weighted by atomic mass is 9.99. The zero-order chi connectivity index (χ0) is 36.6. The van der Waals surface area contributed by atoms with E-state index in [1.807, 2.05) is 42.5 Å². The van der Waals surface area contributed by atoms with E-state index in [4.69, 9.17) is 0 Å². The fourth-order valence-electron chi connectivity index (χ4n) is 8.77. The summed E-state index contributed by atoms with van der Waals surface area (Å²) < 4.78 is 6.97. The Morgan fingerprint density at radius 3 is 1.55 bits per heavy atom. The second kappa shape index (κ2) is 11.8. The third kappa shape index (κ3) is 4.45. The lowest BCUT2D eigenvalue weighted by Crippen LogP contribution is -1.97. The molecular formula is C50H29N5. The molecule has 254 valence electrons. The van der Waals surface area contributed by atoms with E-state index in [1.54, 1.807) is 0 Å². The standard InChI is InChI=1S/C50H29N5/c51-30-32-20-27-47-42(28-32)39-12-3-5-14-43(39)54(47)36-26-23-34(31-52)41(29-36)33-21-24-35(25-22-33)53-46-17-8-4-13-40(46)50-48(53)18-9-19-49(50)55-44-15-6-1-10-37(44)38-11-2-7-16-45(38)55/h1-29H. The zero-order valence-electron chi connectivity index (χ0n) is 29.5. The van der Waals surface area contributed by atoms with Crippen molar-refractivity contribution in [3.05, 3.63) is 187 Å². The lowest BCUT2D eigenvalue weighted by molar-refractivity contribution is 1.17. The van der Waals surface area contributed by atoms with Crippen LogP contribution in [-0.4, -0.2) is 13.7 Å². The number of rotatable bonds is 4. The van der Waals surface area contributed by atoms with E-state index in [0.29, 0.717) is 11.1 Å². The molecular weight excluding hydrogens is 671 g/mol. The summed E-state index contributed by atoms with van der Waals surface area (Å²) in [5.74, 6) is 0. The maximum Gasteiger partial charge on any atom is 0.0998 e. The Labute approximate surface area is 316 Å². The Balaban J connectivity index is 1.08. The van der Waals surface area contributed by atoms with Crippen molar-refractivity contribution < 1.29 is 0 Å². The minimum Gasteiger partial charge on any atom is -0.309 e. The van der Waals surface area contributed by atoms with Crippen LogP contribution in [0.2, 0.25) is 0 Å². The average molecular weight is 700 g/mol. The maximum atomic E-state index is 10.3. The van der Waals surface area contributed by atoms with E-state index in [-0.39, 0.29) is 0 Å². The van der Waals surface area contributed by atoms with E-state index in [2.05, 4.69) is 159 Å². The summed E-state index contributed by atoms with van der Waals surface area (Å²) >= 11 is 0. The summed E-state index contributed by atoms with van der Waals surface area (Å²) in [7, 11) is 0. The molecule has 0 unspecified atom stereocenters. The van der Waals surface area contributed by atoms with Crippen molar-refractivity contribution in [2.75, 3.05) is 0 Å². The molecule has 0 aliphatic heterocycles. The minimum absolute atomic E-state index is 0.608. The summed E-state index contributed by atoms with van der Waals surface area (Å²) in [6, 6.07) is 65.9. The lowest BCUT2D eigenvalue weighted by Gasteiger charge is -2.13. The normalized spacial score (nSPS) is 11.6. The van der Waals surface area contributed by atoms with Gasteiger partial charge in [-0.3, -0.25) is 0 Å². The van der Waals surface area contributed by atoms with Gasteiger partial charge in [-0.2, -0.15) is 10.5 Å². The first-order chi connectivity index (χ1) is 27.2. The molecule has 55 heavy (non-hydrogen) atoms. The summed E-state index contributed by atoms with van der Waals surface area (Å²) in [6.45, 7) is 0. The molecule has 3 aromatic heterocycles. The van der Waals surface area contributed by atoms with Gasteiger partial charge < -0.3 is 13.7 Å². The number of aromatic nitrogens is 3. The van der Waals surface area contributed by atoms with Crippen molar-refractivity contribution in [3.8, 4) is 40.3 Å². The maximum absolute atomic E-state index is 10.3. The number of hydrogen-bond acceptors (Lipinski definition) is 2. The largest absolute Gasteiger partial charge is 0.309 e. The Morgan fingerprint density at radius 1 is 0.364 bits per heavy atom. The van der Waals surface area contributed by atoms with Crippen molar-refractivity contribution >= 4 is 65.4 Å². The van der Waals surface area contributed by atoms with Crippen LogP contribution in [0, 0.1) is 22.7 Å². The second-order valence-corrected chi connectivity index (χ2v) is 14.0. The van der Waals surface area contributed by atoms with E-state index in [9.17, 15) is 10.5 Å². The molecule has 11 aromatic rings. The van der Waals surface area contributed by atoms with E-state index in [0.717, 1.165) is 61.0 Å². The van der Waals surface area contributed by atoms with Gasteiger partial charge in [-0.15, -0.1) is 0 Å². The molecule has 0 N–H and O–H groups in total. The van der Waals surface area contributed by atoms with Crippen molar-refractivity contribution in [1.82, 2.24) is 13.7 Å². The Bertz CT molecular complexity index is 3400. The van der Waals surface area contributed by atoms with Crippen LogP contribution in [0.3, 0.4) is 0 Å². The molecule has 8 aromatic carbocycles. The zero-order valence-corrected chi connectivity index (χ0v) is 29.5. The molecule has 3 heterocycles. The van der Waals surface area contributed by atoms with Crippen molar-refractivity contribution in [2.45, 2.75) is 0 Å². The smallest absolute Gasteiger partial charge is 0.0998 e. The third-order valence-electron chi connectivity index (χ3n) is 11.1. The molecule has 0 spiro atoms. The number of nitriles is 2. The Hall–Kier alpha value is -7.86. The number of para-hydroxylation sites is 4.